The summed E-state index contributed by atoms with van der Waals surface area (Å²) in [6.07, 6.45) is 0. The zero-order valence-corrected chi connectivity index (χ0v) is 11.0. The van der Waals surface area contributed by atoms with Gasteiger partial charge in [-0.05, 0) is 23.6 Å². The number of fused-ring (bicyclic) bond motifs is 4. The quantitative estimate of drug-likeness (QED) is 0.296. The second-order valence-electron chi connectivity index (χ2n) is 4.99. The molecule has 0 amide bonds. The van der Waals surface area contributed by atoms with Crippen molar-refractivity contribution >= 4 is 40.6 Å². The number of hydrogen-bond acceptors (Lipinski definition) is 2. The molecule has 4 nitrogen and oxygen atoms in total. The van der Waals surface area contributed by atoms with E-state index in [1.54, 1.807) is 30.3 Å². The van der Waals surface area contributed by atoms with Crippen molar-refractivity contribution in [1.29, 1.82) is 0 Å². The van der Waals surface area contributed by atoms with E-state index in [-0.39, 0.29) is 11.1 Å². The van der Waals surface area contributed by atoms with Crippen LogP contribution in [0.4, 0.5) is 0 Å². The van der Waals surface area contributed by atoms with Crippen LogP contribution in [0.1, 0.15) is 0 Å². The number of H-pyrrole nitrogens is 1. The van der Waals surface area contributed by atoms with Crippen molar-refractivity contribution in [3.63, 3.8) is 0 Å². The first-order valence-corrected chi connectivity index (χ1v) is 6.51. The molecule has 0 bridgehead atoms. The lowest BCUT2D eigenvalue weighted by molar-refractivity contribution is 1.10. The van der Waals surface area contributed by atoms with Crippen molar-refractivity contribution in [3.8, 4) is 0 Å². The zero-order valence-electron chi connectivity index (χ0n) is 11.0. The highest BCUT2D eigenvalue weighted by Crippen LogP contribution is 2.14. The molecule has 21 heavy (non-hydrogen) atoms. The molecular formula is C16H9BN2O2. The number of aromatic amines is 1. The Balaban J connectivity index is 2.38. The Morgan fingerprint density at radius 1 is 0.952 bits per heavy atom. The highest BCUT2D eigenvalue weighted by atomic mass is 16.1. The Bertz CT molecular complexity index is 1140. The molecule has 0 saturated heterocycles. The number of hydrogen-bond donors (Lipinski definition) is 1. The minimum atomic E-state index is -0.257. The lowest BCUT2D eigenvalue weighted by atomic mass is 9.95. The summed E-state index contributed by atoms with van der Waals surface area (Å²) in [5, 5.41) is 1.81. The van der Waals surface area contributed by atoms with Crippen LogP contribution < -0.4 is 16.6 Å². The van der Waals surface area contributed by atoms with Crippen molar-refractivity contribution in [2.45, 2.75) is 0 Å². The van der Waals surface area contributed by atoms with Gasteiger partial charge in [0.2, 0.25) is 0 Å². The van der Waals surface area contributed by atoms with Gasteiger partial charge in [-0.2, -0.15) is 0 Å². The molecule has 0 aliphatic carbocycles. The van der Waals surface area contributed by atoms with Crippen LogP contribution in [0.3, 0.4) is 0 Å². The van der Waals surface area contributed by atoms with E-state index in [1.807, 2.05) is 18.2 Å². The van der Waals surface area contributed by atoms with Crippen molar-refractivity contribution in [2.24, 2.45) is 0 Å². The maximum absolute atomic E-state index is 12.7. The van der Waals surface area contributed by atoms with Gasteiger partial charge in [-0.15, -0.1) is 0 Å². The lowest BCUT2D eigenvalue weighted by Gasteiger charge is -2.08. The van der Waals surface area contributed by atoms with E-state index >= 15 is 0 Å². The SMILES string of the molecule is [B]c1ccc2c(c1)c(=O)[nH]c1cc3ccccc3c(=O)n12. The first-order chi connectivity index (χ1) is 10.1. The fourth-order valence-corrected chi connectivity index (χ4v) is 2.70. The molecule has 2 aromatic heterocycles. The van der Waals surface area contributed by atoms with Crippen molar-refractivity contribution in [1.82, 2.24) is 9.38 Å². The summed E-state index contributed by atoms with van der Waals surface area (Å²) in [7, 11) is 5.73. The molecule has 0 spiro atoms. The number of aromatic nitrogens is 2. The monoisotopic (exact) mass is 272 g/mol. The van der Waals surface area contributed by atoms with Crippen molar-refractivity contribution < 1.29 is 0 Å². The first kappa shape index (κ1) is 12.0. The summed E-state index contributed by atoms with van der Waals surface area (Å²) in [5.74, 6) is 0. The third-order valence-corrected chi connectivity index (χ3v) is 3.68. The van der Waals surface area contributed by atoms with Gasteiger partial charge in [0.25, 0.3) is 11.1 Å². The second-order valence-corrected chi connectivity index (χ2v) is 4.99. The molecule has 2 radical (unpaired) electrons. The van der Waals surface area contributed by atoms with Crippen LogP contribution in [0.15, 0.2) is 58.1 Å². The molecule has 0 aliphatic rings. The fraction of sp³-hybridized carbons (Fsp3) is 0. The average molecular weight is 272 g/mol. The molecule has 1 N–H and O–H groups in total. The number of pyridine rings is 1. The molecule has 4 aromatic rings. The summed E-state index contributed by atoms with van der Waals surface area (Å²) in [4.78, 5) is 27.6. The highest BCUT2D eigenvalue weighted by Gasteiger charge is 2.09. The maximum Gasteiger partial charge on any atom is 0.264 e. The van der Waals surface area contributed by atoms with E-state index < -0.39 is 0 Å². The van der Waals surface area contributed by atoms with Crippen LogP contribution in [0.2, 0.25) is 0 Å². The van der Waals surface area contributed by atoms with E-state index in [0.29, 0.717) is 27.4 Å². The van der Waals surface area contributed by atoms with E-state index in [4.69, 9.17) is 7.85 Å². The van der Waals surface area contributed by atoms with Crippen LogP contribution in [-0.4, -0.2) is 17.2 Å². The Kier molecular flexibility index (Phi) is 2.33. The third-order valence-electron chi connectivity index (χ3n) is 3.68. The summed E-state index contributed by atoms with van der Waals surface area (Å²) in [6, 6.07) is 14.1. The maximum atomic E-state index is 12.7. The van der Waals surface area contributed by atoms with E-state index in [1.165, 1.54) is 4.40 Å². The summed E-state index contributed by atoms with van der Waals surface area (Å²) >= 11 is 0. The molecule has 98 valence electrons. The van der Waals surface area contributed by atoms with Gasteiger partial charge < -0.3 is 4.98 Å². The topological polar surface area (TPSA) is 54.3 Å². The Labute approximate surface area is 120 Å². The van der Waals surface area contributed by atoms with Gasteiger partial charge in [-0.1, -0.05) is 35.8 Å². The highest BCUT2D eigenvalue weighted by molar-refractivity contribution is 6.33. The molecule has 0 fully saturated rings. The van der Waals surface area contributed by atoms with E-state index in [2.05, 4.69) is 4.98 Å². The third kappa shape index (κ3) is 1.64. The van der Waals surface area contributed by atoms with Gasteiger partial charge in [0.05, 0.1) is 10.9 Å². The number of rotatable bonds is 0. The molecule has 0 aliphatic heterocycles. The first-order valence-electron chi connectivity index (χ1n) is 6.51. The Hall–Kier alpha value is -2.82. The van der Waals surface area contributed by atoms with Crippen molar-refractivity contribution in [3.05, 3.63) is 69.2 Å². The molecule has 4 rings (SSSR count). The van der Waals surface area contributed by atoms with Crippen LogP contribution >= 0.6 is 0 Å². The largest absolute Gasteiger partial charge is 0.308 e. The molecule has 2 heterocycles. The summed E-state index contributed by atoms with van der Waals surface area (Å²) < 4.78 is 1.51. The second kappa shape index (κ2) is 4.09. The normalized spacial score (nSPS) is 11.4. The molecule has 0 saturated carbocycles. The van der Waals surface area contributed by atoms with Crippen LogP contribution in [0, 0.1) is 0 Å². The summed E-state index contributed by atoms with van der Waals surface area (Å²) in [5.41, 5.74) is 1.10. The van der Waals surface area contributed by atoms with Gasteiger partial charge in [0.15, 0.2) is 0 Å². The van der Waals surface area contributed by atoms with Gasteiger partial charge in [-0.25, -0.2) is 0 Å². The molecule has 0 atom stereocenters. The van der Waals surface area contributed by atoms with Crippen molar-refractivity contribution in [2.75, 3.05) is 0 Å². The van der Waals surface area contributed by atoms with Crippen LogP contribution in [0.5, 0.6) is 0 Å². The number of benzene rings is 2. The van der Waals surface area contributed by atoms with Crippen LogP contribution in [-0.2, 0) is 0 Å². The minimum Gasteiger partial charge on any atom is -0.308 e. The standard InChI is InChI=1S/C16H9BN2O2/c17-10-5-6-13-12(8-10)15(20)18-14-7-9-3-1-2-4-11(9)16(21)19(13)14/h1-8H,(H,18,20). The van der Waals surface area contributed by atoms with E-state index in [9.17, 15) is 9.59 Å². The lowest BCUT2D eigenvalue weighted by Crippen LogP contribution is -2.21. The molecule has 2 aromatic carbocycles. The minimum absolute atomic E-state index is 0.158. The molecular weight excluding hydrogens is 263 g/mol. The Morgan fingerprint density at radius 3 is 2.62 bits per heavy atom. The number of nitrogens with zero attached hydrogens (tertiary/aromatic N) is 1. The molecule has 0 unspecified atom stereocenters. The predicted octanol–water partition coefficient (Wildman–Crippen LogP) is 1.09. The van der Waals surface area contributed by atoms with E-state index in [0.717, 1.165) is 5.39 Å². The zero-order chi connectivity index (χ0) is 14.6. The predicted molar refractivity (Wildman–Crippen MR) is 84.7 cm³/mol. The summed E-state index contributed by atoms with van der Waals surface area (Å²) in [6.45, 7) is 0. The van der Waals surface area contributed by atoms with Gasteiger partial charge in [-0.3, -0.25) is 14.0 Å². The van der Waals surface area contributed by atoms with Crippen LogP contribution in [0.25, 0.3) is 27.3 Å². The van der Waals surface area contributed by atoms with Gasteiger partial charge >= 0.3 is 0 Å². The molecule has 5 heteroatoms. The number of nitrogens with one attached hydrogen (secondary N) is 1. The van der Waals surface area contributed by atoms with Gasteiger partial charge in [0, 0.05) is 5.39 Å². The smallest absolute Gasteiger partial charge is 0.264 e. The average Bonchev–Trinajstić information content (AvgIpc) is 2.48. The Morgan fingerprint density at radius 2 is 1.76 bits per heavy atom. The van der Waals surface area contributed by atoms with Gasteiger partial charge in [0.1, 0.15) is 13.5 Å². The fourth-order valence-electron chi connectivity index (χ4n) is 2.70.